The van der Waals surface area contributed by atoms with Crippen molar-refractivity contribution in [3.8, 4) is 6.07 Å². The highest BCUT2D eigenvalue weighted by Crippen LogP contribution is 2.58. The van der Waals surface area contributed by atoms with Crippen molar-refractivity contribution in [2.45, 2.75) is 31.6 Å². The van der Waals surface area contributed by atoms with E-state index < -0.39 is 0 Å². The average molecular weight is 227 g/mol. The van der Waals surface area contributed by atoms with E-state index in [9.17, 15) is 5.26 Å². The summed E-state index contributed by atoms with van der Waals surface area (Å²) in [4.78, 5) is 0. The third-order valence-corrected chi connectivity index (χ3v) is 4.69. The van der Waals surface area contributed by atoms with Crippen LogP contribution in [0, 0.1) is 23.7 Å². The number of hydrogen-bond donors (Lipinski definition) is 0. The van der Waals surface area contributed by atoms with Crippen LogP contribution >= 0.6 is 0 Å². The summed E-state index contributed by atoms with van der Waals surface area (Å²) in [6.07, 6.45) is 3.24. The van der Waals surface area contributed by atoms with Crippen LogP contribution in [0.4, 0.5) is 0 Å². The molecule has 0 N–H and O–H groups in total. The molecule has 0 atom stereocenters. The molecule has 17 heavy (non-hydrogen) atoms. The monoisotopic (exact) mass is 227 g/mol. The molecule has 0 bridgehead atoms. The van der Waals surface area contributed by atoms with Crippen LogP contribution in [0.25, 0.3) is 0 Å². The van der Waals surface area contributed by atoms with Gasteiger partial charge in [0.2, 0.25) is 0 Å². The third-order valence-electron chi connectivity index (χ3n) is 4.69. The van der Waals surface area contributed by atoms with Gasteiger partial charge in [0.1, 0.15) is 0 Å². The van der Waals surface area contributed by atoms with E-state index in [0.717, 1.165) is 12.8 Å². The standard InChI is InChI=1S/C15H17NO/c1-12-5-2-3-6-13(12)15(10-17-11-15)14(9-16)7-4-8-14/h2-3,5-6H,4,7-8,10-11H2,1H3. The van der Waals surface area contributed by atoms with E-state index in [-0.39, 0.29) is 10.8 Å². The summed E-state index contributed by atoms with van der Waals surface area (Å²) in [5, 5.41) is 9.58. The molecule has 1 aromatic carbocycles. The van der Waals surface area contributed by atoms with Crippen LogP contribution in [0.2, 0.25) is 0 Å². The highest BCUT2D eigenvalue weighted by atomic mass is 16.5. The molecule has 0 aromatic heterocycles. The lowest BCUT2D eigenvalue weighted by Gasteiger charge is -2.56. The van der Waals surface area contributed by atoms with Crippen molar-refractivity contribution in [3.05, 3.63) is 35.4 Å². The molecule has 2 fully saturated rings. The molecule has 1 saturated carbocycles. The van der Waals surface area contributed by atoms with Crippen molar-refractivity contribution in [3.63, 3.8) is 0 Å². The second-order valence-electron chi connectivity index (χ2n) is 5.44. The minimum absolute atomic E-state index is 0.0364. The molecule has 2 aliphatic rings. The highest BCUT2D eigenvalue weighted by Gasteiger charge is 2.60. The average Bonchev–Trinajstić information content (AvgIpc) is 2.22. The summed E-state index contributed by atoms with van der Waals surface area (Å²) >= 11 is 0. The molecule has 2 nitrogen and oxygen atoms in total. The van der Waals surface area contributed by atoms with Gasteiger partial charge in [-0.25, -0.2) is 0 Å². The summed E-state index contributed by atoms with van der Waals surface area (Å²) in [5.41, 5.74) is 2.41. The van der Waals surface area contributed by atoms with Crippen LogP contribution < -0.4 is 0 Å². The Hall–Kier alpha value is -1.33. The Bertz CT molecular complexity index is 478. The second kappa shape index (κ2) is 3.58. The van der Waals surface area contributed by atoms with E-state index >= 15 is 0 Å². The van der Waals surface area contributed by atoms with Gasteiger partial charge < -0.3 is 4.74 Å². The van der Waals surface area contributed by atoms with Crippen molar-refractivity contribution in [2.24, 2.45) is 5.41 Å². The summed E-state index contributed by atoms with van der Waals surface area (Å²) in [6, 6.07) is 11.1. The van der Waals surface area contributed by atoms with Gasteiger partial charge in [0, 0.05) is 0 Å². The first-order chi connectivity index (χ1) is 8.24. The lowest BCUT2D eigenvalue weighted by molar-refractivity contribution is -0.135. The van der Waals surface area contributed by atoms with Gasteiger partial charge in [0.15, 0.2) is 0 Å². The van der Waals surface area contributed by atoms with Crippen LogP contribution in [0.5, 0.6) is 0 Å². The topological polar surface area (TPSA) is 33.0 Å². The second-order valence-corrected chi connectivity index (χ2v) is 5.44. The molecule has 3 rings (SSSR count). The predicted octanol–water partition coefficient (Wildman–Crippen LogP) is 2.96. The van der Waals surface area contributed by atoms with Gasteiger partial charge in [-0.3, -0.25) is 0 Å². The summed E-state index contributed by atoms with van der Waals surface area (Å²) in [6.45, 7) is 3.57. The molecule has 1 aliphatic heterocycles. The summed E-state index contributed by atoms with van der Waals surface area (Å²) in [7, 11) is 0. The Morgan fingerprint density at radius 3 is 2.35 bits per heavy atom. The Balaban J connectivity index is 2.10. The number of rotatable bonds is 2. The van der Waals surface area contributed by atoms with Crippen molar-refractivity contribution >= 4 is 0 Å². The quantitative estimate of drug-likeness (QED) is 0.778. The zero-order valence-corrected chi connectivity index (χ0v) is 10.2. The van der Waals surface area contributed by atoms with Crippen molar-refractivity contribution in [1.82, 2.24) is 0 Å². The van der Waals surface area contributed by atoms with Crippen molar-refractivity contribution in [1.29, 1.82) is 5.26 Å². The molecule has 1 aliphatic carbocycles. The maximum absolute atomic E-state index is 9.58. The van der Waals surface area contributed by atoms with E-state index in [2.05, 4.69) is 37.3 Å². The first-order valence-electron chi connectivity index (χ1n) is 6.29. The van der Waals surface area contributed by atoms with Crippen LogP contribution in [-0.2, 0) is 10.2 Å². The minimum Gasteiger partial charge on any atom is -0.379 e. The van der Waals surface area contributed by atoms with E-state index in [4.69, 9.17) is 4.74 Å². The van der Waals surface area contributed by atoms with E-state index in [1.165, 1.54) is 17.5 Å². The molecule has 1 saturated heterocycles. The Kier molecular flexibility index (Phi) is 2.27. The summed E-state index contributed by atoms with van der Waals surface area (Å²) < 4.78 is 5.48. The highest BCUT2D eigenvalue weighted by molar-refractivity contribution is 5.41. The smallest absolute Gasteiger partial charge is 0.0715 e. The Morgan fingerprint density at radius 2 is 1.94 bits per heavy atom. The fourth-order valence-corrected chi connectivity index (χ4v) is 3.33. The molecule has 1 aromatic rings. The normalized spacial score (nSPS) is 24.2. The van der Waals surface area contributed by atoms with Crippen LogP contribution in [0.1, 0.15) is 30.4 Å². The zero-order chi connectivity index (χ0) is 11.9. The van der Waals surface area contributed by atoms with Gasteiger partial charge in [-0.15, -0.1) is 0 Å². The number of nitriles is 1. The number of benzene rings is 1. The molecule has 0 radical (unpaired) electrons. The van der Waals surface area contributed by atoms with E-state index in [0.29, 0.717) is 13.2 Å². The fraction of sp³-hybridized carbons (Fsp3) is 0.533. The van der Waals surface area contributed by atoms with Crippen molar-refractivity contribution < 1.29 is 4.74 Å². The molecule has 0 unspecified atom stereocenters. The Labute approximate surface area is 102 Å². The van der Waals surface area contributed by atoms with Crippen LogP contribution in [0.15, 0.2) is 24.3 Å². The van der Waals surface area contributed by atoms with Gasteiger partial charge in [-0.1, -0.05) is 30.7 Å². The first kappa shape index (κ1) is 10.8. The lowest BCUT2D eigenvalue weighted by atomic mass is 9.50. The van der Waals surface area contributed by atoms with Gasteiger partial charge >= 0.3 is 0 Å². The molecular formula is C15H17NO. The predicted molar refractivity (Wildman–Crippen MR) is 65.6 cm³/mol. The van der Waals surface area contributed by atoms with Crippen LogP contribution in [0.3, 0.4) is 0 Å². The van der Waals surface area contributed by atoms with Crippen LogP contribution in [-0.4, -0.2) is 13.2 Å². The SMILES string of the molecule is Cc1ccccc1C1(C2(C#N)CCC2)COC1. The van der Waals surface area contributed by atoms with Crippen molar-refractivity contribution in [2.75, 3.05) is 13.2 Å². The minimum atomic E-state index is -0.169. The molecular weight excluding hydrogens is 210 g/mol. The third kappa shape index (κ3) is 1.23. The van der Waals surface area contributed by atoms with Gasteiger partial charge in [0.05, 0.1) is 30.1 Å². The molecule has 0 amide bonds. The number of hydrogen-bond acceptors (Lipinski definition) is 2. The maximum Gasteiger partial charge on any atom is 0.0715 e. The maximum atomic E-state index is 9.58. The zero-order valence-electron chi connectivity index (χ0n) is 10.2. The molecule has 1 heterocycles. The van der Waals surface area contributed by atoms with Gasteiger partial charge in [0.25, 0.3) is 0 Å². The van der Waals surface area contributed by atoms with E-state index in [1.54, 1.807) is 0 Å². The molecule has 0 spiro atoms. The molecule has 88 valence electrons. The summed E-state index contributed by atoms with van der Waals surface area (Å²) in [5.74, 6) is 0. The van der Waals surface area contributed by atoms with Gasteiger partial charge in [-0.05, 0) is 30.9 Å². The van der Waals surface area contributed by atoms with Gasteiger partial charge in [-0.2, -0.15) is 5.26 Å². The number of ether oxygens (including phenoxy) is 1. The number of nitrogens with zero attached hydrogens (tertiary/aromatic N) is 1. The fourth-order valence-electron chi connectivity index (χ4n) is 3.33. The van der Waals surface area contributed by atoms with E-state index in [1.807, 2.05) is 0 Å². The largest absolute Gasteiger partial charge is 0.379 e. The molecule has 2 heteroatoms. The lowest BCUT2D eigenvalue weighted by Crippen LogP contribution is -2.61. The Morgan fingerprint density at radius 1 is 1.24 bits per heavy atom. The number of aryl methyl sites for hydroxylation is 1. The first-order valence-corrected chi connectivity index (χ1v) is 6.29.